The summed E-state index contributed by atoms with van der Waals surface area (Å²) < 4.78 is 42.8. The van der Waals surface area contributed by atoms with Crippen molar-refractivity contribution < 1.29 is 22.7 Å². The third kappa shape index (κ3) is 6.93. The fraction of sp³-hybridized carbons (Fsp3) is 0.706. The minimum atomic E-state index is -4.57. The van der Waals surface area contributed by atoms with E-state index in [2.05, 4.69) is 24.0 Å². The van der Waals surface area contributed by atoms with Crippen LogP contribution in [0.4, 0.5) is 13.2 Å². The lowest BCUT2D eigenvalue weighted by atomic mass is 10.0. The first-order valence-corrected chi connectivity index (χ1v) is 9.29. The van der Waals surface area contributed by atoms with Gasteiger partial charge in [0.1, 0.15) is 0 Å². The molecule has 0 fully saturated rings. The zero-order valence-electron chi connectivity index (χ0n) is 15.9. The minimum absolute atomic E-state index is 0.102. The van der Waals surface area contributed by atoms with Crippen LogP contribution in [-0.4, -0.2) is 33.7 Å². The highest BCUT2D eigenvalue weighted by Gasteiger charge is 2.36. The summed E-state index contributed by atoms with van der Waals surface area (Å²) in [5, 5.41) is 5.02. The van der Waals surface area contributed by atoms with Gasteiger partial charge < -0.3 is 9.64 Å². The van der Waals surface area contributed by atoms with Gasteiger partial charge in [-0.1, -0.05) is 50.2 Å². The number of alkyl halides is 3. The predicted molar refractivity (Wildman–Crippen MR) is 94.8 cm³/mol. The highest BCUT2D eigenvalue weighted by molar-refractivity contribution is 7.13. The number of carbonyl (C=O) groups excluding carboxylic acids is 1. The summed E-state index contributed by atoms with van der Waals surface area (Å²) in [6, 6.07) is -0.102. The third-order valence-electron chi connectivity index (χ3n) is 3.21. The largest absolute Gasteiger partial charge is 0.459 e. The van der Waals surface area contributed by atoms with Gasteiger partial charge in [-0.2, -0.15) is 13.2 Å². The number of hydrogen-bond acceptors (Lipinski definition) is 5. The molecule has 0 aromatic carbocycles. The number of hydrogen-bond donors (Lipinski definition) is 0. The molecule has 0 N–H and O–H groups in total. The molecule has 0 saturated heterocycles. The topological polar surface area (TPSA) is 55.3 Å². The minimum Gasteiger partial charge on any atom is -0.459 e. The van der Waals surface area contributed by atoms with E-state index in [9.17, 15) is 18.0 Å². The van der Waals surface area contributed by atoms with E-state index < -0.39 is 17.8 Å². The maximum absolute atomic E-state index is 12.7. The molecular weight excluding hydrogens is 367 g/mol. The molecule has 0 atom stereocenters. The van der Waals surface area contributed by atoms with E-state index in [-0.39, 0.29) is 34.4 Å². The van der Waals surface area contributed by atoms with E-state index >= 15 is 0 Å². The molecule has 26 heavy (non-hydrogen) atoms. The van der Waals surface area contributed by atoms with E-state index in [1.807, 2.05) is 33.8 Å². The molecule has 0 saturated carbocycles. The van der Waals surface area contributed by atoms with Crippen LogP contribution in [0.3, 0.4) is 0 Å². The fourth-order valence-corrected chi connectivity index (χ4v) is 2.97. The molecule has 1 rings (SSSR count). The maximum atomic E-state index is 12.7. The highest BCUT2D eigenvalue weighted by Crippen LogP contribution is 2.33. The molecule has 1 aromatic heterocycles. The summed E-state index contributed by atoms with van der Waals surface area (Å²) in [5.41, 5.74) is 0.895. The van der Waals surface area contributed by atoms with Gasteiger partial charge >= 0.3 is 6.18 Å². The summed E-state index contributed by atoms with van der Waals surface area (Å²) in [5.74, 6) is 0.292. The van der Waals surface area contributed by atoms with E-state index in [1.54, 1.807) is 4.90 Å². The van der Waals surface area contributed by atoms with Crippen LogP contribution in [0.5, 0.6) is 5.19 Å². The molecule has 0 aliphatic rings. The molecule has 9 heteroatoms. The normalized spacial score (nSPS) is 13.0. The van der Waals surface area contributed by atoms with Crippen molar-refractivity contribution in [3.8, 4) is 5.19 Å². The van der Waals surface area contributed by atoms with Gasteiger partial charge in [0.25, 0.3) is 11.1 Å². The quantitative estimate of drug-likeness (QED) is 0.639. The molecule has 148 valence electrons. The van der Waals surface area contributed by atoms with Gasteiger partial charge in [-0.15, -0.1) is 5.10 Å². The van der Waals surface area contributed by atoms with Crippen LogP contribution in [0.2, 0.25) is 0 Å². The number of halogens is 3. The van der Waals surface area contributed by atoms with Crippen molar-refractivity contribution >= 4 is 17.2 Å². The number of rotatable bonds is 8. The van der Waals surface area contributed by atoms with Crippen LogP contribution in [-0.2, 0) is 11.0 Å². The average Bonchev–Trinajstić information content (AvgIpc) is 2.92. The summed E-state index contributed by atoms with van der Waals surface area (Å²) in [6.45, 7) is 11.6. The van der Waals surface area contributed by atoms with Crippen LogP contribution in [0.15, 0.2) is 11.8 Å². The van der Waals surface area contributed by atoms with Crippen molar-refractivity contribution in [1.82, 2.24) is 15.1 Å². The van der Waals surface area contributed by atoms with Gasteiger partial charge in [0.05, 0.1) is 0 Å². The maximum Gasteiger partial charge on any atom is 0.445 e. The van der Waals surface area contributed by atoms with Crippen molar-refractivity contribution in [2.75, 3.05) is 6.61 Å². The Morgan fingerprint density at radius 2 is 1.81 bits per heavy atom. The number of ether oxygens (including phenoxy) is 1. The summed E-state index contributed by atoms with van der Waals surface area (Å²) >= 11 is 0.277. The van der Waals surface area contributed by atoms with Crippen molar-refractivity contribution in [2.45, 2.75) is 60.2 Å². The fourth-order valence-electron chi connectivity index (χ4n) is 2.41. The molecule has 1 heterocycles. The zero-order chi connectivity index (χ0) is 20.1. The molecule has 0 aliphatic heterocycles. The second-order valence-corrected chi connectivity index (χ2v) is 7.96. The first-order valence-electron chi connectivity index (χ1n) is 8.48. The predicted octanol–water partition coefficient (Wildman–Crippen LogP) is 4.76. The standard InChI is InChI=1S/C17H26F3N3O2S/c1-10(2)7-13(8-11(3)4)23(12(5)6)14(24)9-25-16-22-21-15(26-16)17(18,19)20/h7,10-12H,8-9H2,1-6H3. The Kier molecular flexibility index (Phi) is 8.05. The molecule has 5 nitrogen and oxygen atoms in total. The third-order valence-corrected chi connectivity index (χ3v) is 4.09. The summed E-state index contributed by atoms with van der Waals surface area (Å²) in [4.78, 5) is 14.3. The first kappa shape index (κ1) is 22.4. The Balaban J connectivity index is 2.89. The Bertz CT molecular complexity index is 625. The second kappa shape index (κ2) is 9.34. The van der Waals surface area contributed by atoms with Crippen molar-refractivity contribution in [1.29, 1.82) is 0 Å². The van der Waals surface area contributed by atoms with Crippen LogP contribution in [0.25, 0.3) is 0 Å². The number of nitrogens with zero attached hydrogens (tertiary/aromatic N) is 3. The lowest BCUT2D eigenvalue weighted by molar-refractivity contribution is -0.138. The van der Waals surface area contributed by atoms with Gasteiger partial charge in [-0.05, 0) is 32.1 Å². The first-order chi connectivity index (χ1) is 11.9. The average molecular weight is 393 g/mol. The number of allylic oxidation sites excluding steroid dienone is 2. The highest BCUT2D eigenvalue weighted by atomic mass is 32.1. The molecule has 0 radical (unpaired) electrons. The van der Waals surface area contributed by atoms with Gasteiger partial charge in [0.2, 0.25) is 5.01 Å². The van der Waals surface area contributed by atoms with Crippen molar-refractivity contribution in [3.05, 3.63) is 16.8 Å². The summed E-state index contributed by atoms with van der Waals surface area (Å²) in [6.07, 6.45) is -1.82. The number of carbonyl (C=O) groups is 1. The lowest BCUT2D eigenvalue weighted by Crippen LogP contribution is -2.40. The second-order valence-electron chi connectivity index (χ2n) is 7.02. The smallest absolute Gasteiger partial charge is 0.445 e. The monoisotopic (exact) mass is 393 g/mol. The Labute approximate surface area is 156 Å². The van der Waals surface area contributed by atoms with Crippen molar-refractivity contribution in [2.24, 2.45) is 11.8 Å². The summed E-state index contributed by atoms with van der Waals surface area (Å²) in [7, 11) is 0. The molecule has 1 aromatic rings. The number of amides is 1. The van der Waals surface area contributed by atoms with Crippen molar-refractivity contribution in [3.63, 3.8) is 0 Å². The van der Waals surface area contributed by atoms with Crippen LogP contribution in [0, 0.1) is 11.8 Å². The van der Waals surface area contributed by atoms with Crippen LogP contribution < -0.4 is 4.74 Å². The molecular formula is C17H26F3N3O2S. The Hall–Kier alpha value is -1.64. The van der Waals surface area contributed by atoms with Crippen LogP contribution >= 0.6 is 11.3 Å². The molecule has 1 amide bonds. The molecule has 0 bridgehead atoms. The van der Waals surface area contributed by atoms with E-state index in [4.69, 9.17) is 4.74 Å². The zero-order valence-corrected chi connectivity index (χ0v) is 16.7. The van der Waals surface area contributed by atoms with Gasteiger partial charge in [0, 0.05) is 11.7 Å². The number of aromatic nitrogens is 2. The molecule has 0 aliphatic carbocycles. The molecule has 0 unspecified atom stereocenters. The van der Waals surface area contributed by atoms with Crippen LogP contribution in [0.1, 0.15) is 53.0 Å². The Morgan fingerprint density at radius 1 is 1.19 bits per heavy atom. The van der Waals surface area contributed by atoms with Gasteiger partial charge in [-0.25, -0.2) is 0 Å². The Morgan fingerprint density at radius 3 is 2.23 bits per heavy atom. The SMILES string of the molecule is CC(C)C=C(CC(C)C)N(C(=O)COc1nnc(C(F)(F)F)s1)C(C)C. The lowest BCUT2D eigenvalue weighted by Gasteiger charge is -2.31. The van der Waals surface area contributed by atoms with Gasteiger partial charge in [0.15, 0.2) is 6.61 Å². The van der Waals surface area contributed by atoms with E-state index in [0.717, 1.165) is 12.1 Å². The van der Waals surface area contributed by atoms with Gasteiger partial charge in [-0.3, -0.25) is 4.79 Å². The molecule has 0 spiro atoms. The van der Waals surface area contributed by atoms with E-state index in [0.29, 0.717) is 5.92 Å². The van der Waals surface area contributed by atoms with E-state index in [1.165, 1.54) is 0 Å².